The van der Waals surface area contributed by atoms with Crippen LogP contribution in [0.15, 0.2) is 109 Å². The molecule has 0 amide bonds. The number of halogens is 1. The maximum Gasteiger partial charge on any atom is 0.123 e. The van der Waals surface area contributed by atoms with Crippen molar-refractivity contribution >= 4 is 11.1 Å². The molecule has 5 rings (SSSR count). The highest BCUT2D eigenvalue weighted by molar-refractivity contribution is 6.08. The van der Waals surface area contributed by atoms with Crippen molar-refractivity contribution in [1.82, 2.24) is 0 Å². The molecule has 1 aliphatic rings. The second-order valence-electron chi connectivity index (χ2n) is 7.35. The Morgan fingerprint density at radius 1 is 0.621 bits per heavy atom. The minimum atomic E-state index is -0.878. The molecule has 0 saturated heterocycles. The van der Waals surface area contributed by atoms with Crippen LogP contribution in [0.5, 0.6) is 0 Å². The summed E-state index contributed by atoms with van der Waals surface area (Å²) in [6, 6.07) is 35.3. The number of fused-ring (bicyclic) bond motifs is 1. The smallest absolute Gasteiger partial charge is 0.123 e. The van der Waals surface area contributed by atoms with Crippen LogP contribution in [0.25, 0.3) is 11.1 Å². The summed E-state index contributed by atoms with van der Waals surface area (Å²) in [4.78, 5) is 0. The van der Waals surface area contributed by atoms with Crippen molar-refractivity contribution in [1.29, 1.82) is 0 Å². The van der Waals surface area contributed by atoms with Crippen molar-refractivity contribution < 1.29 is 4.39 Å². The molecule has 0 aliphatic heterocycles. The summed E-state index contributed by atoms with van der Waals surface area (Å²) in [6.07, 6.45) is 0. The normalized spacial score (nSPS) is 18.0. The van der Waals surface area contributed by atoms with Crippen LogP contribution >= 0.6 is 0 Å². The van der Waals surface area contributed by atoms with Gasteiger partial charge in [0, 0.05) is 0 Å². The molecule has 0 spiro atoms. The molecule has 0 heterocycles. The number of nitrogens with two attached hydrogens (primary N) is 1. The first-order valence-electron chi connectivity index (χ1n) is 9.70. The van der Waals surface area contributed by atoms with Crippen molar-refractivity contribution in [3.63, 3.8) is 0 Å². The van der Waals surface area contributed by atoms with Gasteiger partial charge in [0.05, 0.1) is 5.54 Å². The van der Waals surface area contributed by atoms with Crippen LogP contribution in [0.1, 0.15) is 27.8 Å². The zero-order chi connectivity index (χ0) is 19.8. The third-order valence-electron chi connectivity index (χ3n) is 5.67. The Balaban J connectivity index is 1.93. The lowest BCUT2D eigenvalue weighted by Crippen LogP contribution is -2.37. The number of hydrogen-bond donors (Lipinski definition) is 1. The van der Waals surface area contributed by atoms with Crippen LogP contribution in [0.3, 0.4) is 0 Å². The van der Waals surface area contributed by atoms with E-state index in [1.807, 2.05) is 72.8 Å². The average Bonchev–Trinajstić information content (AvgIpc) is 3.04. The highest BCUT2D eigenvalue weighted by atomic mass is 19.1. The first-order chi connectivity index (χ1) is 14.2. The Hall–Kier alpha value is -3.49. The summed E-state index contributed by atoms with van der Waals surface area (Å²) < 4.78 is 14.4. The van der Waals surface area contributed by atoms with E-state index in [9.17, 15) is 4.39 Å². The highest BCUT2D eigenvalue weighted by Gasteiger charge is 2.44. The molecule has 2 heteroatoms. The Morgan fingerprint density at radius 3 is 1.79 bits per heavy atom. The summed E-state index contributed by atoms with van der Waals surface area (Å²) in [5, 5.41) is 0. The van der Waals surface area contributed by atoms with Crippen molar-refractivity contribution in [2.45, 2.75) is 5.54 Å². The van der Waals surface area contributed by atoms with E-state index in [0.29, 0.717) is 0 Å². The molecule has 0 aromatic heterocycles. The second kappa shape index (κ2) is 6.84. The molecule has 4 aromatic carbocycles. The maximum absolute atomic E-state index is 14.4. The van der Waals surface area contributed by atoms with Crippen molar-refractivity contribution in [2.24, 2.45) is 5.73 Å². The molecule has 0 bridgehead atoms. The minimum absolute atomic E-state index is 0.262. The summed E-state index contributed by atoms with van der Waals surface area (Å²) in [5.74, 6) is -0.262. The van der Waals surface area contributed by atoms with Gasteiger partial charge in [-0.3, -0.25) is 0 Å². The first kappa shape index (κ1) is 17.6. The van der Waals surface area contributed by atoms with E-state index in [-0.39, 0.29) is 5.82 Å². The molecule has 1 unspecified atom stereocenters. The lowest BCUT2D eigenvalue weighted by Gasteiger charge is -2.31. The highest BCUT2D eigenvalue weighted by Crippen LogP contribution is 2.53. The molecule has 0 saturated carbocycles. The average molecular weight is 377 g/mol. The van der Waals surface area contributed by atoms with Gasteiger partial charge in [-0.1, -0.05) is 97.1 Å². The summed E-state index contributed by atoms with van der Waals surface area (Å²) in [7, 11) is 0. The molecule has 0 radical (unpaired) electrons. The van der Waals surface area contributed by atoms with Gasteiger partial charge < -0.3 is 5.73 Å². The molecule has 1 nitrogen and oxygen atoms in total. The zero-order valence-corrected chi connectivity index (χ0v) is 15.8. The van der Waals surface area contributed by atoms with Gasteiger partial charge in [0.2, 0.25) is 0 Å². The minimum Gasteiger partial charge on any atom is -0.314 e. The van der Waals surface area contributed by atoms with Gasteiger partial charge in [0.15, 0.2) is 0 Å². The van der Waals surface area contributed by atoms with E-state index < -0.39 is 5.54 Å². The van der Waals surface area contributed by atoms with Gasteiger partial charge in [-0.2, -0.15) is 0 Å². The number of benzene rings is 4. The van der Waals surface area contributed by atoms with E-state index in [0.717, 1.165) is 39.0 Å². The Labute approximate surface area is 170 Å². The lowest BCUT2D eigenvalue weighted by molar-refractivity contribution is 0.624. The maximum atomic E-state index is 14.4. The lowest BCUT2D eigenvalue weighted by atomic mass is 9.78. The fourth-order valence-corrected chi connectivity index (χ4v) is 4.42. The second-order valence-corrected chi connectivity index (χ2v) is 7.35. The molecular formula is C27H20FN. The third kappa shape index (κ3) is 2.72. The van der Waals surface area contributed by atoms with Crippen LogP contribution in [0.2, 0.25) is 0 Å². The third-order valence-corrected chi connectivity index (χ3v) is 5.67. The van der Waals surface area contributed by atoms with Gasteiger partial charge in [0.25, 0.3) is 0 Å². The molecule has 2 N–H and O–H groups in total. The summed E-state index contributed by atoms with van der Waals surface area (Å²) in [5.41, 5.74) is 13.2. The van der Waals surface area contributed by atoms with E-state index in [1.165, 1.54) is 6.07 Å². The van der Waals surface area contributed by atoms with Crippen LogP contribution in [-0.4, -0.2) is 0 Å². The molecule has 0 fully saturated rings. The van der Waals surface area contributed by atoms with Gasteiger partial charge in [0.1, 0.15) is 5.82 Å². The molecule has 29 heavy (non-hydrogen) atoms. The van der Waals surface area contributed by atoms with Gasteiger partial charge in [-0.05, 0) is 51.1 Å². The number of rotatable bonds is 3. The van der Waals surface area contributed by atoms with Crippen LogP contribution in [0.4, 0.5) is 4.39 Å². The Kier molecular flexibility index (Phi) is 4.15. The fourth-order valence-electron chi connectivity index (χ4n) is 4.42. The van der Waals surface area contributed by atoms with Crippen molar-refractivity contribution in [3.05, 3.63) is 143 Å². The van der Waals surface area contributed by atoms with Crippen molar-refractivity contribution in [2.75, 3.05) is 0 Å². The molecule has 140 valence electrons. The fraction of sp³-hybridized carbons (Fsp3) is 0.0370. The van der Waals surface area contributed by atoms with E-state index in [4.69, 9.17) is 5.73 Å². The Morgan fingerprint density at radius 2 is 1.17 bits per heavy atom. The zero-order valence-electron chi connectivity index (χ0n) is 15.8. The van der Waals surface area contributed by atoms with E-state index >= 15 is 0 Å². The van der Waals surface area contributed by atoms with Crippen molar-refractivity contribution in [3.8, 4) is 0 Å². The van der Waals surface area contributed by atoms with Gasteiger partial charge in [-0.15, -0.1) is 0 Å². The predicted molar refractivity (Wildman–Crippen MR) is 117 cm³/mol. The van der Waals surface area contributed by atoms with Gasteiger partial charge >= 0.3 is 0 Å². The van der Waals surface area contributed by atoms with Gasteiger partial charge in [-0.25, -0.2) is 4.39 Å². The standard InChI is InChI=1S/C27H20FN/c28-22-16-17-24-23(18-22)25(19-10-4-1-5-11-19)26(20-12-6-2-7-13-20)27(24,29)21-14-8-3-9-15-21/h1-18H,29H2. The van der Waals surface area contributed by atoms with E-state index in [2.05, 4.69) is 24.3 Å². The summed E-state index contributed by atoms with van der Waals surface area (Å²) in [6.45, 7) is 0. The topological polar surface area (TPSA) is 26.0 Å². The summed E-state index contributed by atoms with van der Waals surface area (Å²) >= 11 is 0. The van der Waals surface area contributed by atoms with E-state index in [1.54, 1.807) is 6.07 Å². The molecular weight excluding hydrogens is 357 g/mol. The predicted octanol–water partition coefficient (Wildman–Crippen LogP) is 6.00. The SMILES string of the molecule is NC1(c2ccccc2)C(c2ccccc2)=C(c2ccccc2)c2cc(F)ccc21. The van der Waals surface area contributed by atoms with Crippen LogP contribution in [-0.2, 0) is 5.54 Å². The van der Waals surface area contributed by atoms with Crippen LogP contribution in [0, 0.1) is 5.82 Å². The number of hydrogen-bond acceptors (Lipinski definition) is 1. The largest absolute Gasteiger partial charge is 0.314 e. The molecule has 1 aliphatic carbocycles. The quantitative estimate of drug-likeness (QED) is 0.465. The van der Waals surface area contributed by atoms with Crippen LogP contribution < -0.4 is 5.73 Å². The molecule has 4 aromatic rings. The monoisotopic (exact) mass is 377 g/mol. The first-order valence-corrected chi connectivity index (χ1v) is 9.70. The molecule has 1 atom stereocenters. The Bertz CT molecular complexity index is 1200.